The molecule has 0 unspecified atom stereocenters. The smallest absolute Gasteiger partial charge is 0.330 e. The molecule has 2 aromatic heterocycles. The highest BCUT2D eigenvalue weighted by atomic mass is 32.1. The number of aromatic amines is 1. The molecule has 2 heterocycles. The number of nitrogens with zero attached hydrogens (tertiary/aromatic N) is 4. The molecule has 21 heavy (non-hydrogen) atoms. The molecule has 0 spiro atoms. The van der Waals surface area contributed by atoms with Gasteiger partial charge in [0.15, 0.2) is 5.65 Å². The number of aliphatic hydroxyl groups excluding tert-OH is 1. The molecular weight excluding hydrogens is 290 g/mol. The van der Waals surface area contributed by atoms with Gasteiger partial charge in [0, 0.05) is 14.1 Å². The molecule has 0 atom stereocenters. The molecule has 7 nitrogen and oxygen atoms in total. The van der Waals surface area contributed by atoms with Gasteiger partial charge >= 0.3 is 5.69 Å². The summed E-state index contributed by atoms with van der Waals surface area (Å²) in [5, 5.41) is 8.39. The van der Waals surface area contributed by atoms with Crippen molar-refractivity contribution in [1.29, 1.82) is 0 Å². The van der Waals surface area contributed by atoms with Gasteiger partial charge in [-0.25, -0.2) is 9.78 Å². The van der Waals surface area contributed by atoms with Crippen molar-refractivity contribution in [2.24, 2.45) is 14.1 Å². The SMILES string of the molecule is C[N+](C)(C)CCO.Cc1nc2c([nH]1)c(=S)n(C)c(=O)n2C. The molecule has 0 aliphatic heterocycles. The maximum Gasteiger partial charge on any atom is 0.330 e. The number of imidazole rings is 1. The minimum atomic E-state index is -0.158. The lowest BCUT2D eigenvalue weighted by molar-refractivity contribution is -0.870. The number of hydrogen-bond donors (Lipinski definition) is 2. The van der Waals surface area contributed by atoms with Gasteiger partial charge in [0.1, 0.15) is 22.5 Å². The lowest BCUT2D eigenvalue weighted by Crippen LogP contribution is -2.36. The minimum Gasteiger partial charge on any atom is -0.391 e. The van der Waals surface area contributed by atoms with E-state index in [-0.39, 0.29) is 12.3 Å². The summed E-state index contributed by atoms with van der Waals surface area (Å²) < 4.78 is 4.24. The number of H-pyrrole nitrogens is 1. The first-order chi connectivity index (χ1) is 9.58. The van der Waals surface area contributed by atoms with Crippen LogP contribution in [0.1, 0.15) is 5.82 Å². The van der Waals surface area contributed by atoms with Crippen molar-refractivity contribution in [1.82, 2.24) is 19.1 Å². The standard InChI is InChI=1S/C8H10N4OS.C5H14NO/c1-4-9-5-6(10-4)11(2)8(13)12(3)7(5)14;1-6(2,3)4-5-7/h1-3H3,(H,9,10);7H,4-5H2,1-3H3/q;+1. The highest BCUT2D eigenvalue weighted by molar-refractivity contribution is 7.71. The number of hydrogen-bond acceptors (Lipinski definition) is 4. The fourth-order valence-electron chi connectivity index (χ4n) is 1.74. The molecule has 2 rings (SSSR count). The van der Waals surface area contributed by atoms with Gasteiger partial charge in [-0.2, -0.15) is 0 Å². The third-order valence-electron chi connectivity index (χ3n) is 2.98. The van der Waals surface area contributed by atoms with Crippen LogP contribution in [0.2, 0.25) is 0 Å². The Kier molecular flexibility index (Phi) is 5.43. The van der Waals surface area contributed by atoms with E-state index in [0.717, 1.165) is 22.4 Å². The molecule has 0 fully saturated rings. The Morgan fingerprint density at radius 2 is 1.86 bits per heavy atom. The summed E-state index contributed by atoms with van der Waals surface area (Å²) in [6.45, 7) is 2.95. The summed E-state index contributed by atoms with van der Waals surface area (Å²) >= 11 is 5.13. The van der Waals surface area contributed by atoms with Crippen molar-refractivity contribution in [2.75, 3.05) is 34.3 Å². The van der Waals surface area contributed by atoms with Gasteiger partial charge in [-0.05, 0) is 6.92 Å². The number of likely N-dealkylation sites (N-methyl/N-ethyl adjacent to an activating group) is 1. The molecule has 0 saturated heterocycles. The van der Waals surface area contributed by atoms with Gasteiger partial charge < -0.3 is 14.6 Å². The first-order valence-electron chi connectivity index (χ1n) is 6.62. The Morgan fingerprint density at radius 1 is 1.29 bits per heavy atom. The minimum absolute atomic E-state index is 0.158. The molecule has 2 aromatic rings. The summed E-state index contributed by atoms with van der Waals surface area (Å²) in [4.78, 5) is 18.9. The van der Waals surface area contributed by atoms with Crippen LogP contribution in [0.5, 0.6) is 0 Å². The molecule has 118 valence electrons. The third kappa shape index (κ3) is 4.23. The van der Waals surface area contributed by atoms with Crippen molar-refractivity contribution in [3.05, 3.63) is 20.9 Å². The van der Waals surface area contributed by atoms with Crippen LogP contribution in [0.15, 0.2) is 4.79 Å². The fraction of sp³-hybridized carbons (Fsp3) is 0.615. The van der Waals surface area contributed by atoms with Gasteiger partial charge in [-0.15, -0.1) is 0 Å². The maximum absolute atomic E-state index is 11.6. The van der Waals surface area contributed by atoms with Crippen LogP contribution in [0, 0.1) is 11.6 Å². The molecule has 0 bridgehead atoms. The Labute approximate surface area is 129 Å². The second-order valence-corrected chi connectivity index (χ2v) is 6.35. The lowest BCUT2D eigenvalue weighted by atomic mass is 10.5. The summed E-state index contributed by atoms with van der Waals surface area (Å²) in [7, 11) is 9.49. The van der Waals surface area contributed by atoms with Crippen LogP contribution in [-0.2, 0) is 14.1 Å². The normalized spacial score (nSPS) is 11.4. The van der Waals surface area contributed by atoms with E-state index in [0.29, 0.717) is 10.3 Å². The average Bonchev–Trinajstić information content (AvgIpc) is 2.75. The second-order valence-electron chi connectivity index (χ2n) is 5.96. The first-order valence-corrected chi connectivity index (χ1v) is 7.03. The molecule has 0 amide bonds. The number of quaternary nitrogens is 1. The molecule has 0 radical (unpaired) electrons. The third-order valence-corrected chi connectivity index (χ3v) is 3.46. The predicted molar refractivity (Wildman–Crippen MR) is 85.9 cm³/mol. The summed E-state index contributed by atoms with van der Waals surface area (Å²) in [6, 6.07) is 0. The van der Waals surface area contributed by atoms with Crippen molar-refractivity contribution >= 4 is 23.4 Å². The second kappa shape index (κ2) is 6.50. The van der Waals surface area contributed by atoms with E-state index in [2.05, 4.69) is 31.1 Å². The fourth-order valence-corrected chi connectivity index (χ4v) is 1.96. The lowest BCUT2D eigenvalue weighted by Gasteiger charge is -2.21. The van der Waals surface area contributed by atoms with Crippen molar-refractivity contribution in [3.63, 3.8) is 0 Å². The zero-order valence-corrected chi connectivity index (χ0v) is 14.3. The van der Waals surface area contributed by atoms with Gasteiger partial charge in [-0.3, -0.25) is 9.13 Å². The summed E-state index contributed by atoms with van der Waals surface area (Å²) in [5.41, 5.74) is 1.19. The van der Waals surface area contributed by atoms with Gasteiger partial charge in [0.05, 0.1) is 27.7 Å². The average molecular weight is 314 g/mol. The van der Waals surface area contributed by atoms with E-state index in [1.54, 1.807) is 14.1 Å². The zero-order valence-electron chi connectivity index (χ0n) is 13.5. The number of aryl methyl sites for hydroxylation is 2. The van der Waals surface area contributed by atoms with Crippen LogP contribution < -0.4 is 5.69 Å². The number of aromatic nitrogens is 4. The number of aliphatic hydroxyl groups is 1. The summed E-state index contributed by atoms with van der Waals surface area (Å²) in [5.74, 6) is 0.757. The van der Waals surface area contributed by atoms with Crippen LogP contribution in [-0.4, -0.2) is 63.0 Å². The van der Waals surface area contributed by atoms with E-state index >= 15 is 0 Å². The first kappa shape index (κ1) is 17.5. The molecular formula is C13H24N5O2S+. The zero-order chi connectivity index (χ0) is 16.4. The maximum atomic E-state index is 11.6. The van der Waals surface area contributed by atoms with E-state index < -0.39 is 0 Å². The van der Waals surface area contributed by atoms with Crippen LogP contribution >= 0.6 is 12.2 Å². The molecule has 0 aliphatic carbocycles. The highest BCUT2D eigenvalue weighted by Crippen LogP contribution is 2.08. The monoisotopic (exact) mass is 314 g/mol. The Morgan fingerprint density at radius 3 is 2.29 bits per heavy atom. The Bertz CT molecular complexity index is 736. The number of rotatable bonds is 2. The molecule has 0 saturated carbocycles. The Hall–Kier alpha value is -1.51. The van der Waals surface area contributed by atoms with Crippen LogP contribution in [0.3, 0.4) is 0 Å². The Balaban J connectivity index is 0.000000270. The molecule has 0 aliphatic rings. The predicted octanol–water partition coefficient (Wildman–Crippen LogP) is 0.323. The quantitative estimate of drug-likeness (QED) is 0.618. The van der Waals surface area contributed by atoms with E-state index in [1.165, 1.54) is 9.13 Å². The van der Waals surface area contributed by atoms with Crippen molar-refractivity contribution in [3.8, 4) is 0 Å². The van der Waals surface area contributed by atoms with Crippen molar-refractivity contribution < 1.29 is 9.59 Å². The number of fused-ring (bicyclic) bond motifs is 1. The topological polar surface area (TPSA) is 75.8 Å². The molecule has 8 heteroatoms. The van der Waals surface area contributed by atoms with E-state index in [9.17, 15) is 4.79 Å². The molecule has 2 N–H and O–H groups in total. The van der Waals surface area contributed by atoms with Crippen molar-refractivity contribution in [2.45, 2.75) is 6.92 Å². The van der Waals surface area contributed by atoms with E-state index in [1.807, 2.05) is 6.92 Å². The van der Waals surface area contributed by atoms with Gasteiger partial charge in [0.25, 0.3) is 0 Å². The van der Waals surface area contributed by atoms with E-state index in [4.69, 9.17) is 17.3 Å². The number of nitrogens with one attached hydrogen (secondary N) is 1. The van der Waals surface area contributed by atoms with Gasteiger partial charge in [0.2, 0.25) is 0 Å². The van der Waals surface area contributed by atoms with Gasteiger partial charge in [-0.1, -0.05) is 12.2 Å². The van der Waals surface area contributed by atoms with Crippen LogP contribution in [0.25, 0.3) is 11.2 Å². The highest BCUT2D eigenvalue weighted by Gasteiger charge is 2.08. The summed E-state index contributed by atoms with van der Waals surface area (Å²) in [6.07, 6.45) is 0. The van der Waals surface area contributed by atoms with Crippen LogP contribution in [0.4, 0.5) is 0 Å². The molecule has 0 aromatic carbocycles. The largest absolute Gasteiger partial charge is 0.391 e.